The number of hydrogen-bond acceptors (Lipinski definition) is 6. The van der Waals surface area contributed by atoms with E-state index in [1.165, 1.54) is 0 Å². The van der Waals surface area contributed by atoms with Crippen molar-refractivity contribution < 1.29 is 28.5 Å². The van der Waals surface area contributed by atoms with E-state index in [0.29, 0.717) is 36.5 Å². The van der Waals surface area contributed by atoms with Gasteiger partial charge in [-0.05, 0) is 49.7 Å². The number of unbranched alkanes of at least 4 members (excludes halogenated alkanes) is 2. The fourth-order valence-corrected chi connectivity index (χ4v) is 5.33. The topological polar surface area (TPSA) is 71.1 Å². The van der Waals surface area contributed by atoms with E-state index in [4.69, 9.17) is 18.9 Å². The summed E-state index contributed by atoms with van der Waals surface area (Å²) in [7, 11) is 0. The van der Waals surface area contributed by atoms with Gasteiger partial charge in [0, 0.05) is 21.5 Å². The van der Waals surface area contributed by atoms with E-state index in [1.807, 2.05) is 50.2 Å². The minimum Gasteiger partial charge on any atom is -0.481 e. The second kappa shape index (κ2) is 17.0. The summed E-state index contributed by atoms with van der Waals surface area (Å²) in [6, 6.07) is 11.8. The lowest BCUT2D eigenvalue weighted by atomic mass is 9.95. The van der Waals surface area contributed by atoms with E-state index in [-0.39, 0.29) is 25.2 Å². The van der Waals surface area contributed by atoms with Gasteiger partial charge in [-0.1, -0.05) is 103 Å². The Bertz CT molecular complexity index is 1310. The molecule has 0 radical (unpaired) electrons. The molecule has 0 saturated carbocycles. The van der Waals surface area contributed by atoms with Gasteiger partial charge in [-0.25, -0.2) is 9.59 Å². The highest BCUT2D eigenvalue weighted by Crippen LogP contribution is 2.44. The highest BCUT2D eigenvalue weighted by Gasteiger charge is 2.21. The Labute approximate surface area is 252 Å². The minimum atomic E-state index is -0.376. The van der Waals surface area contributed by atoms with E-state index < -0.39 is 0 Å². The predicted octanol–water partition coefficient (Wildman–Crippen LogP) is 8.89. The maximum Gasteiger partial charge on any atom is 0.344 e. The summed E-state index contributed by atoms with van der Waals surface area (Å²) in [5.41, 5.74) is 2.12. The third-order valence-corrected chi connectivity index (χ3v) is 8.34. The quantitative estimate of drug-likeness (QED) is 0.111. The molecule has 6 nitrogen and oxygen atoms in total. The van der Waals surface area contributed by atoms with Crippen molar-refractivity contribution in [3.05, 3.63) is 47.5 Å². The minimum absolute atomic E-state index is 0.181. The van der Waals surface area contributed by atoms with Crippen LogP contribution in [0.5, 0.6) is 11.5 Å². The normalized spacial score (nSPS) is 12.7. The highest BCUT2D eigenvalue weighted by atomic mass is 16.6. The average Bonchev–Trinajstić information content (AvgIpc) is 3.00. The van der Waals surface area contributed by atoms with E-state index in [9.17, 15) is 9.59 Å². The molecule has 2 atom stereocenters. The smallest absolute Gasteiger partial charge is 0.344 e. The van der Waals surface area contributed by atoms with Gasteiger partial charge < -0.3 is 18.9 Å². The molecule has 0 aliphatic heterocycles. The summed E-state index contributed by atoms with van der Waals surface area (Å²) < 4.78 is 23.7. The Morgan fingerprint density at radius 1 is 0.667 bits per heavy atom. The molecule has 42 heavy (non-hydrogen) atoms. The van der Waals surface area contributed by atoms with Gasteiger partial charge in [0.2, 0.25) is 0 Å². The number of benzene rings is 3. The van der Waals surface area contributed by atoms with Crippen LogP contribution >= 0.6 is 0 Å². The van der Waals surface area contributed by atoms with Crippen LogP contribution in [0.15, 0.2) is 36.4 Å². The summed E-state index contributed by atoms with van der Waals surface area (Å²) in [5, 5.41) is 3.32. The van der Waals surface area contributed by atoms with Crippen molar-refractivity contribution in [3.63, 3.8) is 0 Å². The van der Waals surface area contributed by atoms with Crippen LogP contribution in [0.4, 0.5) is 0 Å². The van der Waals surface area contributed by atoms with Crippen molar-refractivity contribution >= 4 is 33.5 Å². The third-order valence-electron chi connectivity index (χ3n) is 8.34. The molecule has 2 unspecified atom stereocenters. The highest BCUT2D eigenvalue weighted by molar-refractivity contribution is 6.12. The second-order valence-electron chi connectivity index (χ2n) is 11.4. The molecule has 230 valence electrons. The lowest BCUT2D eigenvalue weighted by Gasteiger charge is -2.20. The monoisotopic (exact) mass is 578 g/mol. The number of ether oxygens (including phenoxy) is 4. The number of fused-ring (bicyclic) bond motifs is 2. The molecule has 3 aromatic rings. The number of carbonyl (C=O) groups is 2. The molecule has 0 amide bonds. The van der Waals surface area contributed by atoms with Gasteiger partial charge in [0.1, 0.15) is 11.5 Å². The standard InChI is InChI=1S/C36H50O6/c1-7-11-15-27(9-3)21-39-32(37)23-41-35-29-17-13-14-18-30(29)36(34-26(6)25(5)19-20-31(34)35)42-24-33(38)40-22-28(10-4)16-12-8-2/h13-14,17-20,27-28H,7-12,15-16,21-24H2,1-6H3. The van der Waals surface area contributed by atoms with Crippen LogP contribution in [-0.2, 0) is 19.1 Å². The lowest BCUT2D eigenvalue weighted by molar-refractivity contribution is -0.148. The molecule has 0 aliphatic carbocycles. The summed E-state index contributed by atoms with van der Waals surface area (Å²) >= 11 is 0. The molecule has 0 fully saturated rings. The van der Waals surface area contributed by atoms with Gasteiger partial charge in [-0.2, -0.15) is 0 Å². The summed E-state index contributed by atoms with van der Waals surface area (Å²) in [6.07, 6.45) is 8.60. The summed E-state index contributed by atoms with van der Waals surface area (Å²) in [5.74, 6) is 1.21. The summed E-state index contributed by atoms with van der Waals surface area (Å²) in [6.45, 7) is 13.2. The van der Waals surface area contributed by atoms with Crippen molar-refractivity contribution in [2.24, 2.45) is 11.8 Å². The van der Waals surface area contributed by atoms with E-state index in [1.54, 1.807) is 0 Å². The van der Waals surface area contributed by atoms with Crippen molar-refractivity contribution in [1.82, 2.24) is 0 Å². The molecular weight excluding hydrogens is 528 g/mol. The molecular formula is C36H50O6. The van der Waals surface area contributed by atoms with Gasteiger partial charge in [-0.15, -0.1) is 0 Å². The molecule has 6 heteroatoms. The molecule has 0 spiro atoms. The Kier molecular flexibility index (Phi) is 13.4. The second-order valence-corrected chi connectivity index (χ2v) is 11.4. The summed E-state index contributed by atoms with van der Waals surface area (Å²) in [4.78, 5) is 25.5. The van der Waals surface area contributed by atoms with Gasteiger partial charge >= 0.3 is 11.9 Å². The average molecular weight is 579 g/mol. The Hall–Kier alpha value is -3.28. The Balaban J connectivity index is 1.84. The Morgan fingerprint density at radius 2 is 1.17 bits per heavy atom. The van der Waals surface area contributed by atoms with Crippen molar-refractivity contribution in [2.75, 3.05) is 26.4 Å². The molecule has 0 N–H and O–H groups in total. The zero-order chi connectivity index (χ0) is 30.5. The maximum absolute atomic E-state index is 12.7. The van der Waals surface area contributed by atoms with Gasteiger partial charge in [-0.3, -0.25) is 0 Å². The molecule has 0 heterocycles. The van der Waals surface area contributed by atoms with Crippen LogP contribution in [0.2, 0.25) is 0 Å². The van der Waals surface area contributed by atoms with Crippen LogP contribution < -0.4 is 9.47 Å². The first-order chi connectivity index (χ1) is 20.3. The zero-order valence-electron chi connectivity index (χ0n) is 26.6. The van der Waals surface area contributed by atoms with Crippen molar-refractivity contribution in [3.8, 4) is 11.5 Å². The van der Waals surface area contributed by atoms with E-state index in [2.05, 4.69) is 27.7 Å². The maximum atomic E-state index is 12.7. The first kappa shape index (κ1) is 33.2. The molecule has 3 rings (SSSR count). The number of hydrogen-bond donors (Lipinski definition) is 0. The molecule has 0 saturated heterocycles. The first-order valence-electron chi connectivity index (χ1n) is 15.9. The van der Waals surface area contributed by atoms with Crippen LogP contribution in [0.3, 0.4) is 0 Å². The van der Waals surface area contributed by atoms with Crippen molar-refractivity contribution in [1.29, 1.82) is 0 Å². The predicted molar refractivity (Wildman–Crippen MR) is 170 cm³/mol. The molecule has 0 bridgehead atoms. The number of rotatable bonds is 18. The first-order valence-corrected chi connectivity index (χ1v) is 15.9. The largest absolute Gasteiger partial charge is 0.481 e. The number of aryl methyl sites for hydroxylation is 2. The fourth-order valence-electron chi connectivity index (χ4n) is 5.33. The van der Waals surface area contributed by atoms with Crippen molar-refractivity contribution in [2.45, 2.75) is 92.9 Å². The zero-order valence-corrected chi connectivity index (χ0v) is 26.6. The van der Waals surface area contributed by atoms with Crippen LogP contribution in [0.1, 0.15) is 90.2 Å². The third kappa shape index (κ3) is 8.86. The lowest BCUT2D eigenvalue weighted by Crippen LogP contribution is -2.20. The van der Waals surface area contributed by atoms with E-state index in [0.717, 1.165) is 84.0 Å². The van der Waals surface area contributed by atoms with Gasteiger partial charge in [0.25, 0.3) is 0 Å². The van der Waals surface area contributed by atoms with Gasteiger partial charge in [0.05, 0.1) is 13.2 Å². The van der Waals surface area contributed by atoms with Gasteiger partial charge in [0.15, 0.2) is 13.2 Å². The number of esters is 2. The number of carbonyl (C=O) groups excluding carboxylic acids is 2. The molecule has 0 aliphatic rings. The Morgan fingerprint density at radius 3 is 1.67 bits per heavy atom. The SMILES string of the molecule is CCCCC(CC)COC(=O)COc1c2ccccc2c(OCC(=O)OCC(CC)CCCC)c2c(C)c(C)ccc12. The van der Waals surface area contributed by atoms with Crippen LogP contribution in [0.25, 0.3) is 21.5 Å². The molecule has 0 aromatic heterocycles. The van der Waals surface area contributed by atoms with E-state index >= 15 is 0 Å². The molecule has 3 aromatic carbocycles. The van der Waals surface area contributed by atoms with Crippen LogP contribution in [-0.4, -0.2) is 38.4 Å². The van der Waals surface area contributed by atoms with Crippen LogP contribution in [0, 0.1) is 25.7 Å². The fraction of sp³-hybridized carbons (Fsp3) is 0.556.